The lowest BCUT2D eigenvalue weighted by atomic mass is 9.74. The van der Waals surface area contributed by atoms with Crippen LogP contribution in [0.15, 0.2) is 78.9 Å². The van der Waals surface area contributed by atoms with Crippen molar-refractivity contribution in [3.63, 3.8) is 0 Å². The SMILES string of the molecule is CC1(C)CCC(C)(c2cccc(CCC(=O)O)c2)c2cnc([nH]2)-c2cc(ccc2F)Oc2c(F)cc3[nH]ccc3c2CN(N)/C=C(\N)CO1. The monoisotopic (exact) mass is 670 g/mol. The molecule has 49 heavy (non-hydrogen) atoms. The van der Waals surface area contributed by atoms with E-state index in [2.05, 4.69) is 21.9 Å². The largest absolute Gasteiger partial charge is 0.481 e. The second-order valence-corrected chi connectivity index (χ2v) is 13.3. The molecule has 1 unspecified atom stereocenters. The van der Waals surface area contributed by atoms with Gasteiger partial charge in [-0.3, -0.25) is 4.79 Å². The van der Waals surface area contributed by atoms with Crippen LogP contribution < -0.4 is 16.3 Å². The molecule has 256 valence electrons. The first-order valence-corrected chi connectivity index (χ1v) is 16.1. The molecule has 0 fully saturated rings. The fourth-order valence-electron chi connectivity index (χ4n) is 6.23. The van der Waals surface area contributed by atoms with Gasteiger partial charge in [-0.05, 0) is 75.4 Å². The number of carbonyl (C=O) groups is 1. The van der Waals surface area contributed by atoms with Gasteiger partial charge in [0, 0.05) is 58.7 Å². The number of ether oxygens (including phenoxy) is 2. The summed E-state index contributed by atoms with van der Waals surface area (Å²) in [5, 5.41) is 11.3. The van der Waals surface area contributed by atoms with Gasteiger partial charge in [0.15, 0.2) is 11.6 Å². The highest BCUT2D eigenvalue weighted by Gasteiger charge is 2.34. The molecule has 1 atom stereocenters. The minimum absolute atomic E-state index is 0.00649. The van der Waals surface area contributed by atoms with Gasteiger partial charge in [0.1, 0.15) is 17.4 Å². The molecule has 3 heterocycles. The molecule has 0 saturated carbocycles. The Bertz CT molecular complexity index is 2040. The number of hydrogen-bond donors (Lipinski definition) is 5. The van der Waals surface area contributed by atoms with Gasteiger partial charge in [0.05, 0.1) is 30.0 Å². The second kappa shape index (κ2) is 13.4. The van der Waals surface area contributed by atoms with Gasteiger partial charge in [-0.15, -0.1) is 0 Å². The number of nitrogens with two attached hydrogens (primary N) is 2. The smallest absolute Gasteiger partial charge is 0.303 e. The number of hydrogen-bond acceptors (Lipinski definition) is 7. The number of aliphatic carboxylic acids is 1. The Morgan fingerprint density at radius 3 is 2.69 bits per heavy atom. The van der Waals surface area contributed by atoms with Crippen molar-refractivity contribution >= 4 is 16.9 Å². The molecule has 1 aliphatic rings. The molecule has 10 nitrogen and oxygen atoms in total. The molecule has 0 amide bonds. The first kappa shape index (κ1) is 33.7. The highest BCUT2D eigenvalue weighted by atomic mass is 19.1. The maximum absolute atomic E-state index is 15.6. The zero-order valence-corrected chi connectivity index (χ0v) is 27.6. The van der Waals surface area contributed by atoms with Crippen molar-refractivity contribution in [2.75, 3.05) is 6.61 Å². The van der Waals surface area contributed by atoms with Crippen LogP contribution in [0.4, 0.5) is 8.78 Å². The van der Waals surface area contributed by atoms with E-state index in [-0.39, 0.29) is 42.5 Å². The summed E-state index contributed by atoms with van der Waals surface area (Å²) in [4.78, 5) is 22.3. The summed E-state index contributed by atoms with van der Waals surface area (Å²) in [6.07, 6.45) is 6.49. The first-order chi connectivity index (χ1) is 23.3. The van der Waals surface area contributed by atoms with Crippen molar-refractivity contribution in [3.05, 3.63) is 113 Å². The third-order valence-electron chi connectivity index (χ3n) is 9.17. The van der Waals surface area contributed by atoms with Crippen LogP contribution >= 0.6 is 0 Å². The van der Waals surface area contributed by atoms with E-state index in [4.69, 9.17) is 21.1 Å². The first-order valence-electron chi connectivity index (χ1n) is 16.1. The lowest BCUT2D eigenvalue weighted by Crippen LogP contribution is -2.33. The average molecular weight is 671 g/mol. The number of aromatic nitrogens is 3. The molecule has 4 bridgehead atoms. The summed E-state index contributed by atoms with van der Waals surface area (Å²) in [7, 11) is 0. The van der Waals surface area contributed by atoms with Crippen LogP contribution in [0.3, 0.4) is 0 Å². The van der Waals surface area contributed by atoms with Crippen LogP contribution in [0.1, 0.15) is 62.4 Å². The summed E-state index contributed by atoms with van der Waals surface area (Å²) in [5.41, 5.74) is 9.15. The summed E-state index contributed by atoms with van der Waals surface area (Å²) < 4.78 is 43.5. The topological polar surface area (TPSA) is 156 Å². The van der Waals surface area contributed by atoms with Crippen molar-refractivity contribution in [2.24, 2.45) is 11.6 Å². The summed E-state index contributed by atoms with van der Waals surface area (Å²) in [6.45, 7) is 6.16. The lowest BCUT2D eigenvalue weighted by molar-refractivity contribution is -0.136. The molecular formula is C37H40F2N6O4. The molecule has 3 aromatic carbocycles. The molecule has 5 aromatic rings. The fraction of sp³-hybridized carbons (Fsp3) is 0.297. The number of halogens is 2. The number of benzene rings is 3. The van der Waals surface area contributed by atoms with Crippen molar-refractivity contribution in [1.29, 1.82) is 0 Å². The predicted molar refractivity (Wildman–Crippen MR) is 182 cm³/mol. The fourth-order valence-corrected chi connectivity index (χ4v) is 6.23. The number of carboxylic acids is 1. The summed E-state index contributed by atoms with van der Waals surface area (Å²) >= 11 is 0. The molecule has 1 aliphatic heterocycles. The molecular weight excluding hydrogens is 630 g/mol. The van der Waals surface area contributed by atoms with Crippen LogP contribution in [0.2, 0.25) is 0 Å². The quantitative estimate of drug-likeness (QED) is 0.128. The highest BCUT2D eigenvalue weighted by molar-refractivity contribution is 5.85. The van der Waals surface area contributed by atoms with Gasteiger partial charge in [0.2, 0.25) is 0 Å². The zero-order valence-electron chi connectivity index (χ0n) is 27.6. The maximum atomic E-state index is 15.6. The van der Waals surface area contributed by atoms with Gasteiger partial charge in [-0.2, -0.15) is 0 Å². The van der Waals surface area contributed by atoms with E-state index in [1.807, 2.05) is 38.1 Å². The van der Waals surface area contributed by atoms with E-state index in [9.17, 15) is 9.90 Å². The molecule has 6 rings (SSSR count). The van der Waals surface area contributed by atoms with E-state index in [1.54, 1.807) is 24.7 Å². The number of imidazole rings is 1. The standard InChI is InChI=1S/C37H40F2N6O4/c1-36(2)12-13-37(3,23-6-4-5-22(15-23)7-10-33(46)47)32-18-43-35(44-32)27-16-25(8-9-29(27)38)49-34-28(20-45(41)19-24(40)21-48-36)26-11-14-42-31(26)17-30(34)39/h4-6,8-9,11,14-19,42H,7,10,12-13,20-21,40-41H2,1-3H3,(H,43,44)(H,46,47)/b24-19-. The van der Waals surface area contributed by atoms with Crippen molar-refractivity contribution < 1.29 is 28.2 Å². The number of H-pyrrole nitrogens is 2. The van der Waals surface area contributed by atoms with Crippen LogP contribution in [0, 0.1) is 11.6 Å². The van der Waals surface area contributed by atoms with E-state index in [0.717, 1.165) is 16.8 Å². The molecule has 12 heteroatoms. The van der Waals surface area contributed by atoms with Crippen molar-refractivity contribution in [2.45, 2.75) is 64.0 Å². The van der Waals surface area contributed by atoms with E-state index >= 15 is 8.78 Å². The van der Waals surface area contributed by atoms with Gasteiger partial charge in [-0.1, -0.05) is 24.3 Å². The molecule has 0 aliphatic carbocycles. The molecule has 2 aromatic heterocycles. The Morgan fingerprint density at radius 2 is 1.90 bits per heavy atom. The third kappa shape index (κ3) is 7.30. The number of aryl methyl sites for hydroxylation is 1. The Labute approximate surface area is 282 Å². The van der Waals surface area contributed by atoms with Gasteiger partial charge in [-0.25, -0.2) is 19.6 Å². The third-order valence-corrected chi connectivity index (χ3v) is 9.17. The zero-order chi connectivity index (χ0) is 34.9. The van der Waals surface area contributed by atoms with Crippen molar-refractivity contribution in [1.82, 2.24) is 20.0 Å². The van der Waals surface area contributed by atoms with Crippen LogP contribution in [0.25, 0.3) is 22.3 Å². The Morgan fingerprint density at radius 1 is 1.08 bits per heavy atom. The number of aromatic amines is 2. The number of nitrogens with one attached hydrogen (secondary N) is 2. The molecule has 0 radical (unpaired) electrons. The van der Waals surface area contributed by atoms with Crippen LogP contribution in [0.5, 0.6) is 11.5 Å². The number of fused-ring (bicyclic) bond motifs is 8. The molecule has 0 spiro atoms. The highest BCUT2D eigenvalue weighted by Crippen LogP contribution is 2.41. The predicted octanol–water partition coefficient (Wildman–Crippen LogP) is 7.02. The molecule has 0 saturated heterocycles. The van der Waals surface area contributed by atoms with E-state index < -0.39 is 28.6 Å². The van der Waals surface area contributed by atoms with Crippen molar-refractivity contribution in [3.8, 4) is 22.9 Å². The Balaban J connectivity index is 1.47. The Hall–Kier alpha value is -5.20. The van der Waals surface area contributed by atoms with Crippen LogP contribution in [-0.2, 0) is 27.9 Å². The van der Waals surface area contributed by atoms with Crippen LogP contribution in [-0.4, -0.2) is 43.2 Å². The molecule has 7 N–H and O–H groups in total. The minimum atomic E-state index is -0.871. The summed E-state index contributed by atoms with van der Waals surface area (Å²) in [5.74, 6) is 4.76. The summed E-state index contributed by atoms with van der Waals surface area (Å²) in [6, 6.07) is 15.1. The average Bonchev–Trinajstić information content (AvgIpc) is 3.75. The normalized spacial score (nSPS) is 19.6. The maximum Gasteiger partial charge on any atom is 0.303 e. The minimum Gasteiger partial charge on any atom is -0.481 e. The van der Waals surface area contributed by atoms with Gasteiger partial charge >= 0.3 is 5.97 Å². The van der Waals surface area contributed by atoms with Gasteiger partial charge < -0.3 is 35.3 Å². The second-order valence-electron chi connectivity index (χ2n) is 13.3. The Kier molecular flexibility index (Phi) is 9.19. The number of rotatable bonds is 4. The number of nitrogens with zero attached hydrogens (tertiary/aromatic N) is 2. The number of carboxylic acid groups (broad SMARTS) is 1. The van der Waals surface area contributed by atoms with E-state index in [1.165, 1.54) is 29.3 Å². The lowest BCUT2D eigenvalue weighted by Gasteiger charge is -2.34. The van der Waals surface area contributed by atoms with Gasteiger partial charge in [0.25, 0.3) is 0 Å². The number of hydrazine groups is 1. The van der Waals surface area contributed by atoms with E-state index in [0.29, 0.717) is 41.4 Å².